The van der Waals surface area contributed by atoms with Crippen molar-refractivity contribution in [2.75, 3.05) is 32.7 Å². The van der Waals surface area contributed by atoms with Gasteiger partial charge in [-0.3, -0.25) is 14.6 Å². The molecule has 0 bridgehead atoms. The Labute approximate surface area is 173 Å². The van der Waals surface area contributed by atoms with E-state index in [1.165, 1.54) is 22.3 Å². The zero-order valence-electron chi connectivity index (χ0n) is 16.8. The molecule has 2 aliphatic rings. The third kappa shape index (κ3) is 4.84. The topological polar surface area (TPSA) is 49.6 Å². The summed E-state index contributed by atoms with van der Waals surface area (Å²) in [5.74, 6) is -0.247. The van der Waals surface area contributed by atoms with Crippen molar-refractivity contribution < 1.29 is 4.79 Å². The Morgan fingerprint density at radius 3 is 2.24 bits per heavy atom. The SMILES string of the molecule is NC(=O)CN1CCN(C(C2=CCCC(c3ccccc3)=C2)c2ccccc2)CC1. The lowest BCUT2D eigenvalue weighted by atomic mass is 9.87. The fourth-order valence-electron chi connectivity index (χ4n) is 4.45. The number of benzene rings is 2. The molecule has 0 radical (unpaired) electrons. The first-order valence-electron chi connectivity index (χ1n) is 10.5. The molecule has 2 aromatic rings. The second-order valence-corrected chi connectivity index (χ2v) is 7.87. The Bertz CT molecular complexity index is 881. The van der Waals surface area contributed by atoms with E-state index in [9.17, 15) is 4.79 Å². The van der Waals surface area contributed by atoms with E-state index in [4.69, 9.17) is 5.73 Å². The molecule has 1 aliphatic heterocycles. The number of amides is 1. The molecule has 1 unspecified atom stereocenters. The van der Waals surface area contributed by atoms with Crippen molar-refractivity contribution in [1.82, 2.24) is 9.80 Å². The second-order valence-electron chi connectivity index (χ2n) is 7.87. The number of allylic oxidation sites excluding steroid dienone is 2. The number of primary amides is 1. The van der Waals surface area contributed by atoms with Crippen molar-refractivity contribution in [3.8, 4) is 0 Å². The lowest BCUT2D eigenvalue weighted by molar-refractivity contribution is -0.119. The van der Waals surface area contributed by atoms with E-state index in [1.807, 2.05) is 0 Å². The molecule has 4 rings (SSSR count). The van der Waals surface area contributed by atoms with Crippen molar-refractivity contribution >= 4 is 11.5 Å². The largest absolute Gasteiger partial charge is 0.369 e. The minimum Gasteiger partial charge on any atom is -0.369 e. The van der Waals surface area contributed by atoms with Crippen LogP contribution in [0.5, 0.6) is 0 Å². The Hall–Kier alpha value is -2.69. The molecule has 1 aliphatic carbocycles. The van der Waals surface area contributed by atoms with Gasteiger partial charge < -0.3 is 5.73 Å². The van der Waals surface area contributed by atoms with Gasteiger partial charge in [-0.05, 0) is 35.1 Å². The van der Waals surface area contributed by atoms with Gasteiger partial charge in [0.1, 0.15) is 0 Å². The number of hydrogen-bond acceptors (Lipinski definition) is 3. The van der Waals surface area contributed by atoms with Crippen LogP contribution in [-0.2, 0) is 4.79 Å². The summed E-state index contributed by atoms with van der Waals surface area (Å²) in [6.45, 7) is 3.95. The summed E-state index contributed by atoms with van der Waals surface area (Å²) in [6.07, 6.45) is 6.95. The smallest absolute Gasteiger partial charge is 0.231 e. The zero-order valence-corrected chi connectivity index (χ0v) is 16.8. The molecule has 1 amide bonds. The maximum absolute atomic E-state index is 11.3. The molecule has 2 N–H and O–H groups in total. The van der Waals surface area contributed by atoms with Crippen LogP contribution in [0.15, 0.2) is 78.4 Å². The Balaban J connectivity index is 1.60. The number of nitrogens with two attached hydrogens (primary N) is 1. The van der Waals surface area contributed by atoms with Gasteiger partial charge in [0.15, 0.2) is 0 Å². The molecule has 1 atom stereocenters. The Morgan fingerprint density at radius 1 is 0.931 bits per heavy atom. The van der Waals surface area contributed by atoms with Crippen molar-refractivity contribution in [2.45, 2.75) is 18.9 Å². The summed E-state index contributed by atoms with van der Waals surface area (Å²) in [7, 11) is 0. The lowest BCUT2D eigenvalue weighted by Crippen LogP contribution is -2.50. The molecule has 4 heteroatoms. The summed E-state index contributed by atoms with van der Waals surface area (Å²) in [5, 5.41) is 0. The molecule has 1 saturated heterocycles. The van der Waals surface area contributed by atoms with E-state index in [2.05, 4.69) is 82.6 Å². The molecular formula is C25H29N3O. The van der Waals surface area contributed by atoms with Crippen LogP contribution in [0.3, 0.4) is 0 Å². The van der Waals surface area contributed by atoms with Crippen LogP contribution in [0.1, 0.15) is 30.0 Å². The van der Waals surface area contributed by atoms with Gasteiger partial charge in [-0.2, -0.15) is 0 Å². The molecule has 150 valence electrons. The van der Waals surface area contributed by atoms with E-state index in [0.717, 1.165) is 39.0 Å². The van der Waals surface area contributed by atoms with Crippen LogP contribution in [0.2, 0.25) is 0 Å². The van der Waals surface area contributed by atoms with E-state index in [0.29, 0.717) is 6.54 Å². The van der Waals surface area contributed by atoms with Crippen LogP contribution in [0.4, 0.5) is 0 Å². The average Bonchev–Trinajstić information content (AvgIpc) is 2.76. The molecule has 0 saturated carbocycles. The maximum atomic E-state index is 11.3. The number of hydrogen-bond donors (Lipinski definition) is 1. The average molecular weight is 388 g/mol. The van der Waals surface area contributed by atoms with Gasteiger partial charge in [-0.1, -0.05) is 72.8 Å². The lowest BCUT2D eigenvalue weighted by Gasteiger charge is -2.40. The van der Waals surface area contributed by atoms with Gasteiger partial charge in [0, 0.05) is 26.2 Å². The number of nitrogens with zero attached hydrogens (tertiary/aromatic N) is 2. The van der Waals surface area contributed by atoms with Gasteiger partial charge in [0.05, 0.1) is 12.6 Å². The van der Waals surface area contributed by atoms with Gasteiger partial charge in [-0.15, -0.1) is 0 Å². The molecule has 1 fully saturated rings. The standard InChI is InChI=1S/C25H29N3O/c26-24(29)19-27-14-16-28(17-15-27)25(21-10-5-2-6-11-21)23-13-7-12-22(18-23)20-8-3-1-4-9-20/h1-6,8-11,13,18,25H,7,12,14-17,19H2,(H2,26,29). The highest BCUT2D eigenvalue weighted by atomic mass is 16.1. The minimum absolute atomic E-state index is 0.242. The first kappa shape index (κ1) is 19.6. The minimum atomic E-state index is -0.247. The van der Waals surface area contributed by atoms with Crippen molar-refractivity contribution in [2.24, 2.45) is 5.73 Å². The van der Waals surface area contributed by atoms with Crippen molar-refractivity contribution in [3.05, 3.63) is 89.5 Å². The Morgan fingerprint density at radius 2 is 1.59 bits per heavy atom. The summed E-state index contributed by atoms with van der Waals surface area (Å²) in [6, 6.07) is 21.7. The highest BCUT2D eigenvalue weighted by Gasteiger charge is 2.28. The molecule has 2 aromatic carbocycles. The van der Waals surface area contributed by atoms with Crippen LogP contribution < -0.4 is 5.73 Å². The van der Waals surface area contributed by atoms with Crippen molar-refractivity contribution in [1.29, 1.82) is 0 Å². The van der Waals surface area contributed by atoms with Gasteiger partial charge >= 0.3 is 0 Å². The molecule has 29 heavy (non-hydrogen) atoms. The third-order valence-electron chi connectivity index (χ3n) is 5.86. The number of carbonyl (C=O) groups excluding carboxylic acids is 1. The zero-order chi connectivity index (χ0) is 20.1. The number of carbonyl (C=O) groups is 1. The Kier molecular flexibility index (Phi) is 6.23. The maximum Gasteiger partial charge on any atom is 0.231 e. The van der Waals surface area contributed by atoms with Gasteiger partial charge in [0.25, 0.3) is 0 Å². The monoisotopic (exact) mass is 387 g/mol. The van der Waals surface area contributed by atoms with Crippen LogP contribution in [-0.4, -0.2) is 48.4 Å². The van der Waals surface area contributed by atoms with Crippen LogP contribution in [0, 0.1) is 0 Å². The van der Waals surface area contributed by atoms with E-state index in [-0.39, 0.29) is 11.9 Å². The quantitative estimate of drug-likeness (QED) is 0.823. The summed E-state index contributed by atoms with van der Waals surface area (Å²) >= 11 is 0. The van der Waals surface area contributed by atoms with E-state index >= 15 is 0 Å². The van der Waals surface area contributed by atoms with E-state index < -0.39 is 0 Å². The first-order chi connectivity index (χ1) is 14.2. The molecule has 0 aromatic heterocycles. The highest BCUT2D eigenvalue weighted by Crippen LogP contribution is 2.36. The van der Waals surface area contributed by atoms with Crippen molar-refractivity contribution in [3.63, 3.8) is 0 Å². The second kappa shape index (κ2) is 9.21. The van der Waals surface area contributed by atoms with Gasteiger partial charge in [-0.25, -0.2) is 0 Å². The number of piperazine rings is 1. The highest BCUT2D eigenvalue weighted by molar-refractivity contribution is 5.76. The molecule has 1 heterocycles. The first-order valence-corrected chi connectivity index (χ1v) is 10.5. The van der Waals surface area contributed by atoms with E-state index in [1.54, 1.807) is 0 Å². The normalized spacial score (nSPS) is 19.3. The summed E-state index contributed by atoms with van der Waals surface area (Å²) in [4.78, 5) is 16.0. The number of rotatable bonds is 6. The summed E-state index contributed by atoms with van der Waals surface area (Å²) < 4.78 is 0. The third-order valence-corrected chi connectivity index (χ3v) is 5.86. The predicted molar refractivity (Wildman–Crippen MR) is 118 cm³/mol. The fourth-order valence-corrected chi connectivity index (χ4v) is 4.45. The van der Waals surface area contributed by atoms with Crippen LogP contribution >= 0.6 is 0 Å². The predicted octanol–water partition coefficient (Wildman–Crippen LogP) is 3.63. The fraction of sp³-hybridized carbons (Fsp3) is 0.320. The molecule has 4 nitrogen and oxygen atoms in total. The van der Waals surface area contributed by atoms with Gasteiger partial charge in [0.2, 0.25) is 5.91 Å². The van der Waals surface area contributed by atoms with Crippen LogP contribution in [0.25, 0.3) is 5.57 Å². The summed E-state index contributed by atoms with van der Waals surface area (Å²) in [5.41, 5.74) is 10.8. The molecule has 0 spiro atoms. The molecular weight excluding hydrogens is 358 g/mol.